The Labute approximate surface area is 104 Å². The molecule has 2 rings (SSSR count). The van der Waals surface area contributed by atoms with Crippen molar-refractivity contribution >= 4 is 5.96 Å². The van der Waals surface area contributed by atoms with Crippen LogP contribution in [0.3, 0.4) is 0 Å². The number of halogens is 3. The van der Waals surface area contributed by atoms with Crippen molar-refractivity contribution in [2.75, 3.05) is 0 Å². The highest BCUT2D eigenvalue weighted by atomic mass is 19.4. The number of aliphatic imine (C=N–C) groups is 1. The third-order valence-corrected chi connectivity index (χ3v) is 3.67. The van der Waals surface area contributed by atoms with E-state index in [-0.39, 0.29) is 24.8 Å². The van der Waals surface area contributed by atoms with Crippen LogP contribution in [0.2, 0.25) is 0 Å². The van der Waals surface area contributed by atoms with Crippen molar-refractivity contribution in [3.63, 3.8) is 0 Å². The van der Waals surface area contributed by atoms with Gasteiger partial charge in [-0.2, -0.15) is 13.2 Å². The van der Waals surface area contributed by atoms with Gasteiger partial charge in [0, 0.05) is 0 Å². The second-order valence-corrected chi connectivity index (χ2v) is 5.12. The summed E-state index contributed by atoms with van der Waals surface area (Å²) in [5, 5.41) is 2.43. The van der Waals surface area contributed by atoms with Gasteiger partial charge in [0.05, 0.1) is 6.04 Å². The molecule has 104 valence electrons. The van der Waals surface area contributed by atoms with E-state index in [9.17, 15) is 13.2 Å². The van der Waals surface area contributed by atoms with Gasteiger partial charge in [0.2, 0.25) is 5.96 Å². The third kappa shape index (κ3) is 2.88. The number of rotatable bonds is 2. The molecule has 0 unspecified atom stereocenters. The van der Waals surface area contributed by atoms with Crippen molar-refractivity contribution in [1.82, 2.24) is 10.7 Å². The first-order valence-electron chi connectivity index (χ1n) is 6.36. The number of alkyl halides is 3. The molecule has 0 bridgehead atoms. The zero-order valence-electron chi connectivity index (χ0n) is 10.2. The zero-order valence-corrected chi connectivity index (χ0v) is 10.2. The molecular weight excluding hydrogens is 245 g/mol. The second kappa shape index (κ2) is 4.95. The van der Waals surface area contributed by atoms with E-state index in [2.05, 4.69) is 15.7 Å². The first kappa shape index (κ1) is 13.5. The summed E-state index contributed by atoms with van der Waals surface area (Å²) in [7, 11) is 0. The molecule has 2 saturated carbocycles. The topological polar surface area (TPSA) is 62.4 Å². The monoisotopic (exact) mass is 264 g/mol. The third-order valence-electron chi connectivity index (χ3n) is 3.67. The van der Waals surface area contributed by atoms with E-state index in [0.717, 1.165) is 25.7 Å². The number of hydrogen-bond acceptors (Lipinski definition) is 2. The van der Waals surface area contributed by atoms with E-state index < -0.39 is 11.7 Å². The Balaban J connectivity index is 1.99. The number of nitrogens with one attached hydrogen (secondary N) is 2. The van der Waals surface area contributed by atoms with Gasteiger partial charge in [0.15, 0.2) is 0 Å². The average molecular weight is 264 g/mol. The summed E-state index contributed by atoms with van der Waals surface area (Å²) in [6, 6.07) is 0.0846. The number of hydrazine groups is 1. The highest BCUT2D eigenvalue weighted by Crippen LogP contribution is 2.48. The van der Waals surface area contributed by atoms with Gasteiger partial charge in [-0.25, -0.2) is 10.8 Å². The van der Waals surface area contributed by atoms with Crippen molar-refractivity contribution < 1.29 is 13.2 Å². The summed E-state index contributed by atoms with van der Waals surface area (Å²) in [6.45, 7) is 0. The van der Waals surface area contributed by atoms with Gasteiger partial charge >= 0.3 is 6.18 Å². The van der Waals surface area contributed by atoms with Crippen LogP contribution in [0.5, 0.6) is 0 Å². The molecule has 0 spiro atoms. The van der Waals surface area contributed by atoms with Gasteiger partial charge < -0.3 is 5.32 Å². The molecule has 0 aromatic carbocycles. The number of nitrogens with two attached hydrogens (primary N) is 1. The maximum Gasteiger partial charge on any atom is 0.411 e. The fraction of sp³-hybridized carbons (Fsp3) is 0.909. The largest absolute Gasteiger partial charge is 0.411 e. The summed E-state index contributed by atoms with van der Waals surface area (Å²) in [4.78, 5) is 4.26. The van der Waals surface area contributed by atoms with Crippen molar-refractivity contribution in [3.8, 4) is 0 Å². The first-order valence-corrected chi connectivity index (χ1v) is 6.36. The lowest BCUT2D eigenvalue weighted by Gasteiger charge is -2.24. The Morgan fingerprint density at radius 3 is 2.22 bits per heavy atom. The van der Waals surface area contributed by atoms with Gasteiger partial charge in [-0.3, -0.25) is 5.43 Å². The molecule has 0 amide bonds. The summed E-state index contributed by atoms with van der Waals surface area (Å²) < 4.78 is 38.4. The first-order chi connectivity index (χ1) is 8.47. The molecule has 2 aliphatic rings. The minimum Gasteiger partial charge on any atom is -0.341 e. The van der Waals surface area contributed by atoms with Crippen molar-refractivity contribution in [2.24, 2.45) is 10.8 Å². The predicted octanol–water partition coefficient (Wildman–Crippen LogP) is 1.82. The van der Waals surface area contributed by atoms with Crippen LogP contribution in [0.15, 0.2) is 4.99 Å². The second-order valence-electron chi connectivity index (χ2n) is 5.12. The Kier molecular flexibility index (Phi) is 3.70. The van der Waals surface area contributed by atoms with Crippen LogP contribution in [0, 0.1) is 0 Å². The maximum atomic E-state index is 12.8. The van der Waals surface area contributed by atoms with Gasteiger partial charge in [-0.15, -0.1) is 0 Å². The quantitative estimate of drug-likeness (QED) is 0.308. The lowest BCUT2D eigenvalue weighted by atomic mass is 9.96. The Morgan fingerprint density at radius 2 is 1.78 bits per heavy atom. The maximum absolute atomic E-state index is 12.8. The summed E-state index contributed by atoms with van der Waals surface area (Å²) >= 11 is 0. The molecule has 0 atom stereocenters. The molecule has 0 heterocycles. The molecule has 4 nitrogen and oxygen atoms in total. The molecule has 0 aromatic heterocycles. The molecule has 7 heteroatoms. The molecular formula is C11H19F3N4. The molecule has 0 saturated heterocycles. The fourth-order valence-corrected chi connectivity index (χ4v) is 2.33. The zero-order chi connectivity index (χ0) is 13.2. The summed E-state index contributed by atoms with van der Waals surface area (Å²) in [5.41, 5.74) is 0.444. The smallest absolute Gasteiger partial charge is 0.341 e. The van der Waals surface area contributed by atoms with Crippen LogP contribution in [0.1, 0.15) is 44.9 Å². The van der Waals surface area contributed by atoms with Gasteiger partial charge in [0.25, 0.3) is 0 Å². The van der Waals surface area contributed by atoms with Crippen molar-refractivity contribution in [1.29, 1.82) is 0 Å². The lowest BCUT2D eigenvalue weighted by Crippen LogP contribution is -2.54. The normalized spacial score (nSPS) is 24.8. The van der Waals surface area contributed by atoms with E-state index in [0.29, 0.717) is 0 Å². The molecule has 4 N–H and O–H groups in total. The molecule has 0 radical (unpaired) electrons. The van der Waals surface area contributed by atoms with Gasteiger partial charge in [-0.1, -0.05) is 19.3 Å². The fourth-order valence-electron chi connectivity index (χ4n) is 2.33. The molecule has 2 fully saturated rings. The van der Waals surface area contributed by atoms with Gasteiger partial charge in [-0.05, 0) is 25.7 Å². The summed E-state index contributed by atoms with van der Waals surface area (Å²) in [5.74, 6) is 5.32. The predicted molar refractivity (Wildman–Crippen MR) is 62.8 cm³/mol. The van der Waals surface area contributed by atoms with Crippen LogP contribution in [0.4, 0.5) is 13.2 Å². The Morgan fingerprint density at radius 1 is 1.17 bits per heavy atom. The van der Waals surface area contributed by atoms with E-state index in [1.807, 2.05) is 0 Å². The standard InChI is InChI=1S/C11H19F3N4/c12-11(13,14)10(6-7-10)17-9(18-15)16-8-4-2-1-3-5-8/h8H,1-7,15H2,(H2,16,17,18). The minimum absolute atomic E-state index is 0.0664. The van der Waals surface area contributed by atoms with Crippen molar-refractivity contribution in [2.45, 2.75) is 62.7 Å². The van der Waals surface area contributed by atoms with Crippen LogP contribution in [-0.2, 0) is 0 Å². The van der Waals surface area contributed by atoms with Gasteiger partial charge in [0.1, 0.15) is 5.54 Å². The van der Waals surface area contributed by atoms with E-state index in [1.165, 1.54) is 6.42 Å². The summed E-state index contributed by atoms with van der Waals surface area (Å²) in [6.07, 6.45) is 1.10. The lowest BCUT2D eigenvalue weighted by molar-refractivity contribution is -0.161. The molecule has 18 heavy (non-hydrogen) atoms. The number of guanidine groups is 1. The highest BCUT2D eigenvalue weighted by Gasteiger charge is 2.64. The molecule has 0 aromatic rings. The Bertz CT molecular complexity index is 317. The molecule has 0 aliphatic heterocycles. The molecule has 2 aliphatic carbocycles. The van der Waals surface area contributed by atoms with E-state index >= 15 is 0 Å². The SMILES string of the molecule is NNC(=NC1CCCCC1)NC1(C(F)(F)F)CC1. The van der Waals surface area contributed by atoms with Crippen LogP contribution >= 0.6 is 0 Å². The average Bonchev–Trinajstić information content (AvgIpc) is 3.10. The Hall–Kier alpha value is -0.980. The highest BCUT2D eigenvalue weighted by molar-refractivity contribution is 5.80. The van der Waals surface area contributed by atoms with Crippen LogP contribution in [0.25, 0.3) is 0 Å². The van der Waals surface area contributed by atoms with E-state index in [1.54, 1.807) is 0 Å². The van der Waals surface area contributed by atoms with E-state index in [4.69, 9.17) is 5.84 Å². The minimum atomic E-state index is -4.25. The van der Waals surface area contributed by atoms with Crippen molar-refractivity contribution in [3.05, 3.63) is 0 Å². The van der Waals surface area contributed by atoms with Crippen LogP contribution in [-0.4, -0.2) is 23.7 Å². The number of nitrogens with zero attached hydrogens (tertiary/aromatic N) is 1. The number of hydrogen-bond donors (Lipinski definition) is 3. The van der Waals surface area contributed by atoms with Crippen LogP contribution < -0.4 is 16.6 Å².